The Morgan fingerprint density at radius 1 is 0.792 bits per heavy atom. The number of sulfone groups is 1. The number of nitrogens with one attached hydrogen (secondary N) is 1. The molecule has 0 aromatic heterocycles. The van der Waals surface area contributed by atoms with Gasteiger partial charge < -0.3 is 5.32 Å². The van der Waals surface area contributed by atoms with Gasteiger partial charge in [0.1, 0.15) is 0 Å². The van der Waals surface area contributed by atoms with Crippen LogP contribution in [0.4, 0.5) is 11.4 Å². The molecule has 24 heavy (non-hydrogen) atoms. The van der Waals surface area contributed by atoms with Crippen LogP contribution < -0.4 is 5.32 Å². The van der Waals surface area contributed by atoms with Crippen LogP contribution in [0.1, 0.15) is 5.56 Å². The quantitative estimate of drug-likeness (QED) is 0.549. The molecule has 0 saturated heterocycles. The van der Waals surface area contributed by atoms with E-state index in [0.717, 1.165) is 26.7 Å². The molecule has 0 amide bonds. The van der Waals surface area contributed by atoms with Crippen molar-refractivity contribution in [3.8, 4) is 0 Å². The zero-order valence-corrected chi connectivity index (χ0v) is 14.6. The molecule has 1 aliphatic heterocycles. The van der Waals surface area contributed by atoms with Gasteiger partial charge in [-0.05, 0) is 49.4 Å². The molecule has 0 atom stereocenters. The van der Waals surface area contributed by atoms with E-state index in [1.807, 2.05) is 49.4 Å². The molecular weight excluding hydrogens is 338 g/mol. The van der Waals surface area contributed by atoms with Crippen LogP contribution in [0.2, 0.25) is 0 Å². The summed E-state index contributed by atoms with van der Waals surface area (Å²) in [5.74, 6) is 0. The first-order chi connectivity index (χ1) is 11.5. The highest BCUT2D eigenvalue weighted by Crippen LogP contribution is 2.44. The zero-order chi connectivity index (χ0) is 16.7. The molecule has 3 nitrogen and oxygen atoms in total. The summed E-state index contributed by atoms with van der Waals surface area (Å²) in [5, 5.41) is 3.35. The molecule has 0 bridgehead atoms. The Kier molecular flexibility index (Phi) is 3.62. The van der Waals surface area contributed by atoms with E-state index >= 15 is 0 Å². The largest absolute Gasteiger partial charge is 0.354 e. The van der Waals surface area contributed by atoms with Crippen LogP contribution in [0.15, 0.2) is 86.3 Å². The third kappa shape index (κ3) is 2.60. The summed E-state index contributed by atoms with van der Waals surface area (Å²) in [7, 11) is -3.51. The Labute approximate surface area is 145 Å². The Balaban J connectivity index is 1.75. The van der Waals surface area contributed by atoms with Gasteiger partial charge in [0.15, 0.2) is 0 Å². The van der Waals surface area contributed by atoms with Crippen molar-refractivity contribution in [1.82, 2.24) is 0 Å². The highest BCUT2D eigenvalue weighted by molar-refractivity contribution is 7.99. The highest BCUT2D eigenvalue weighted by atomic mass is 32.2. The van der Waals surface area contributed by atoms with Gasteiger partial charge in [0.25, 0.3) is 0 Å². The van der Waals surface area contributed by atoms with Crippen LogP contribution in [0.5, 0.6) is 0 Å². The lowest BCUT2D eigenvalue weighted by atomic mass is 10.2. The zero-order valence-electron chi connectivity index (χ0n) is 13.0. The van der Waals surface area contributed by atoms with E-state index < -0.39 is 9.84 Å². The number of aryl methyl sites for hydroxylation is 1. The molecule has 0 aliphatic carbocycles. The SMILES string of the molecule is Cc1ccc(S(=O)(=O)c2ccc3c(c2)Sc2ccccc2N3)cc1. The molecule has 0 radical (unpaired) electrons. The standard InChI is InChI=1S/C19H15NO2S2/c1-13-6-8-14(9-7-13)24(21,22)15-10-11-17-19(12-15)23-18-5-3-2-4-16(18)20-17/h2-12,20H,1H3. The van der Waals surface area contributed by atoms with Crippen molar-refractivity contribution in [3.63, 3.8) is 0 Å². The molecule has 3 aromatic rings. The number of para-hydroxylation sites is 1. The predicted molar refractivity (Wildman–Crippen MR) is 96.9 cm³/mol. The highest BCUT2D eigenvalue weighted by Gasteiger charge is 2.21. The van der Waals surface area contributed by atoms with Gasteiger partial charge in [-0.15, -0.1) is 0 Å². The maximum Gasteiger partial charge on any atom is 0.206 e. The molecule has 0 saturated carbocycles. The van der Waals surface area contributed by atoms with Crippen LogP contribution in [0.3, 0.4) is 0 Å². The molecular formula is C19H15NO2S2. The van der Waals surface area contributed by atoms with Gasteiger partial charge in [-0.2, -0.15) is 0 Å². The number of hydrogen-bond donors (Lipinski definition) is 1. The van der Waals surface area contributed by atoms with E-state index in [1.165, 1.54) is 0 Å². The molecule has 1 aliphatic rings. The van der Waals surface area contributed by atoms with Crippen molar-refractivity contribution in [2.45, 2.75) is 26.5 Å². The van der Waals surface area contributed by atoms with Gasteiger partial charge in [-0.1, -0.05) is 41.6 Å². The van der Waals surface area contributed by atoms with Crippen LogP contribution in [0.25, 0.3) is 0 Å². The predicted octanol–water partition coefficient (Wildman–Crippen LogP) is 5.04. The first-order valence-electron chi connectivity index (χ1n) is 7.54. The monoisotopic (exact) mass is 353 g/mol. The molecule has 120 valence electrons. The fourth-order valence-corrected chi connectivity index (χ4v) is 5.02. The first kappa shape index (κ1) is 15.3. The minimum Gasteiger partial charge on any atom is -0.354 e. The lowest BCUT2D eigenvalue weighted by Gasteiger charge is -2.21. The Morgan fingerprint density at radius 2 is 1.46 bits per heavy atom. The van der Waals surface area contributed by atoms with Crippen molar-refractivity contribution < 1.29 is 8.42 Å². The molecule has 3 aromatic carbocycles. The summed E-state index contributed by atoms with van der Waals surface area (Å²) in [6, 6.07) is 20.2. The van der Waals surface area contributed by atoms with E-state index in [-0.39, 0.29) is 0 Å². The summed E-state index contributed by atoms with van der Waals surface area (Å²) < 4.78 is 25.7. The molecule has 0 unspecified atom stereocenters. The molecule has 4 rings (SSSR count). The Hall–Kier alpha value is -2.24. The number of fused-ring (bicyclic) bond motifs is 2. The molecule has 5 heteroatoms. The fourth-order valence-electron chi connectivity index (χ4n) is 2.63. The maximum atomic E-state index is 12.8. The molecule has 1 heterocycles. The second-order valence-electron chi connectivity index (χ2n) is 5.70. The maximum absolute atomic E-state index is 12.8. The number of rotatable bonds is 2. The summed E-state index contributed by atoms with van der Waals surface area (Å²) in [5.41, 5.74) is 3.02. The Bertz CT molecular complexity index is 1030. The topological polar surface area (TPSA) is 46.2 Å². The van der Waals surface area contributed by atoms with Gasteiger partial charge in [0.05, 0.1) is 21.2 Å². The van der Waals surface area contributed by atoms with Gasteiger partial charge in [-0.25, -0.2) is 8.42 Å². The van der Waals surface area contributed by atoms with Crippen molar-refractivity contribution in [1.29, 1.82) is 0 Å². The minimum absolute atomic E-state index is 0.318. The third-order valence-electron chi connectivity index (χ3n) is 3.97. The lowest BCUT2D eigenvalue weighted by molar-refractivity contribution is 0.596. The van der Waals surface area contributed by atoms with Crippen LogP contribution in [-0.4, -0.2) is 8.42 Å². The van der Waals surface area contributed by atoms with E-state index in [1.54, 1.807) is 36.0 Å². The normalized spacial score (nSPS) is 12.9. The van der Waals surface area contributed by atoms with Crippen molar-refractivity contribution in [2.75, 3.05) is 5.32 Å². The van der Waals surface area contributed by atoms with Crippen molar-refractivity contribution >= 4 is 33.0 Å². The first-order valence-corrected chi connectivity index (χ1v) is 9.84. The smallest absolute Gasteiger partial charge is 0.206 e. The second-order valence-corrected chi connectivity index (χ2v) is 8.73. The average molecular weight is 353 g/mol. The number of hydrogen-bond acceptors (Lipinski definition) is 4. The fraction of sp³-hybridized carbons (Fsp3) is 0.0526. The third-order valence-corrected chi connectivity index (χ3v) is 6.87. The average Bonchev–Trinajstić information content (AvgIpc) is 2.59. The summed E-state index contributed by atoms with van der Waals surface area (Å²) in [4.78, 5) is 2.65. The van der Waals surface area contributed by atoms with Crippen molar-refractivity contribution in [3.05, 3.63) is 72.3 Å². The van der Waals surface area contributed by atoms with Gasteiger partial charge in [0.2, 0.25) is 9.84 Å². The lowest BCUT2D eigenvalue weighted by Crippen LogP contribution is -2.05. The number of benzene rings is 3. The Morgan fingerprint density at radius 3 is 2.25 bits per heavy atom. The van der Waals surface area contributed by atoms with E-state index in [4.69, 9.17) is 0 Å². The van der Waals surface area contributed by atoms with E-state index in [2.05, 4.69) is 5.32 Å². The van der Waals surface area contributed by atoms with E-state index in [0.29, 0.717) is 9.79 Å². The minimum atomic E-state index is -3.51. The van der Waals surface area contributed by atoms with Gasteiger partial charge in [0, 0.05) is 9.79 Å². The van der Waals surface area contributed by atoms with Crippen LogP contribution in [0, 0.1) is 6.92 Å². The van der Waals surface area contributed by atoms with Crippen LogP contribution in [-0.2, 0) is 9.84 Å². The van der Waals surface area contributed by atoms with Gasteiger partial charge in [-0.3, -0.25) is 0 Å². The van der Waals surface area contributed by atoms with E-state index in [9.17, 15) is 8.42 Å². The molecule has 1 N–H and O–H groups in total. The second kappa shape index (κ2) is 5.69. The van der Waals surface area contributed by atoms with Gasteiger partial charge >= 0.3 is 0 Å². The molecule has 0 spiro atoms. The van der Waals surface area contributed by atoms with Crippen molar-refractivity contribution in [2.24, 2.45) is 0 Å². The summed E-state index contributed by atoms with van der Waals surface area (Å²) in [6.45, 7) is 1.94. The number of anilines is 2. The molecule has 0 fully saturated rings. The summed E-state index contributed by atoms with van der Waals surface area (Å²) in [6.07, 6.45) is 0. The van der Waals surface area contributed by atoms with Crippen LogP contribution >= 0.6 is 11.8 Å². The summed E-state index contributed by atoms with van der Waals surface area (Å²) >= 11 is 1.58.